The van der Waals surface area contributed by atoms with Gasteiger partial charge >= 0.3 is 6.18 Å². The number of alkyl halides is 3. The minimum absolute atomic E-state index is 0.0305. The van der Waals surface area contributed by atoms with Crippen molar-refractivity contribution in [2.75, 3.05) is 18.1 Å². The third-order valence-electron chi connectivity index (χ3n) is 5.97. The number of hydrogen-bond donors (Lipinski definition) is 1. The fraction of sp³-hybridized carbons (Fsp3) is 0.292. The first kappa shape index (κ1) is 21.4. The molecule has 2 aromatic carbocycles. The Labute approximate surface area is 188 Å². The number of para-hydroxylation sites is 1. The number of nitrogens with zero attached hydrogens (tertiary/aromatic N) is 5. The zero-order valence-corrected chi connectivity index (χ0v) is 17.7. The molecular weight excluding hydrogens is 431 g/mol. The van der Waals surface area contributed by atoms with Crippen molar-refractivity contribution >= 4 is 16.9 Å². The van der Waals surface area contributed by atoms with Gasteiger partial charge in [-0.25, -0.2) is 14.6 Å². The minimum Gasteiger partial charge on any atom is -0.394 e. The molecule has 0 spiro atoms. The van der Waals surface area contributed by atoms with E-state index in [0.29, 0.717) is 23.4 Å². The molecule has 0 bridgehead atoms. The summed E-state index contributed by atoms with van der Waals surface area (Å²) in [4.78, 5) is 11.4. The van der Waals surface area contributed by atoms with Gasteiger partial charge < -0.3 is 10.0 Å². The monoisotopic (exact) mass is 453 g/mol. The van der Waals surface area contributed by atoms with E-state index in [1.807, 2.05) is 35.2 Å². The summed E-state index contributed by atoms with van der Waals surface area (Å²) in [6.07, 6.45) is -0.0403. The standard InChI is InChI=1S/C24H22F3N5O/c25-24(26,27)17-8-6-7-16(13-17)21-29-22(31-12-5-4-11-19(31)15-33)20-14-28-32(23(20)30-21)18-9-2-1-3-10-18/h1-3,6-10,13-14,19,33H,4-5,11-12,15H2/t19-/m1/s1. The number of benzene rings is 2. The Morgan fingerprint density at radius 3 is 2.58 bits per heavy atom. The summed E-state index contributed by atoms with van der Waals surface area (Å²) in [5.74, 6) is 0.761. The molecule has 170 valence electrons. The lowest BCUT2D eigenvalue weighted by atomic mass is 10.0. The van der Waals surface area contributed by atoms with Gasteiger partial charge in [0.15, 0.2) is 11.5 Å². The normalized spacial score (nSPS) is 17.0. The first-order valence-electron chi connectivity index (χ1n) is 10.8. The topological polar surface area (TPSA) is 67.1 Å². The second kappa shape index (κ2) is 8.47. The zero-order valence-electron chi connectivity index (χ0n) is 17.7. The predicted octanol–water partition coefficient (Wildman–Crippen LogP) is 4.85. The molecule has 0 unspecified atom stereocenters. The average Bonchev–Trinajstić information content (AvgIpc) is 3.27. The second-order valence-electron chi connectivity index (χ2n) is 8.10. The number of anilines is 1. The van der Waals surface area contributed by atoms with Crippen LogP contribution in [0, 0.1) is 0 Å². The Balaban J connectivity index is 1.73. The van der Waals surface area contributed by atoms with Crippen LogP contribution in [0.25, 0.3) is 28.1 Å². The van der Waals surface area contributed by atoms with E-state index < -0.39 is 11.7 Å². The predicted molar refractivity (Wildman–Crippen MR) is 119 cm³/mol. The average molecular weight is 453 g/mol. The van der Waals surface area contributed by atoms with E-state index in [2.05, 4.69) is 10.1 Å². The third-order valence-corrected chi connectivity index (χ3v) is 5.97. The molecule has 1 atom stereocenters. The van der Waals surface area contributed by atoms with Crippen LogP contribution in [0.3, 0.4) is 0 Å². The number of fused-ring (bicyclic) bond motifs is 1. The van der Waals surface area contributed by atoms with Gasteiger partial charge in [-0.1, -0.05) is 30.3 Å². The molecule has 0 aliphatic carbocycles. The Bertz CT molecular complexity index is 1270. The van der Waals surface area contributed by atoms with Gasteiger partial charge in [-0.3, -0.25) is 0 Å². The quantitative estimate of drug-likeness (QED) is 0.478. The maximum absolute atomic E-state index is 13.3. The summed E-state index contributed by atoms with van der Waals surface area (Å²) >= 11 is 0. The molecule has 2 aromatic heterocycles. The summed E-state index contributed by atoms with van der Waals surface area (Å²) < 4.78 is 41.7. The van der Waals surface area contributed by atoms with Crippen LogP contribution in [0.2, 0.25) is 0 Å². The molecule has 4 aromatic rings. The molecule has 33 heavy (non-hydrogen) atoms. The van der Waals surface area contributed by atoms with Gasteiger partial charge in [0.05, 0.1) is 35.5 Å². The van der Waals surface area contributed by atoms with Crippen molar-refractivity contribution in [3.8, 4) is 17.1 Å². The second-order valence-corrected chi connectivity index (χ2v) is 8.10. The number of aromatic nitrogens is 4. The number of hydrogen-bond acceptors (Lipinski definition) is 5. The zero-order chi connectivity index (χ0) is 23.0. The number of aliphatic hydroxyl groups excluding tert-OH is 1. The summed E-state index contributed by atoms with van der Waals surface area (Å²) in [6.45, 7) is 0.660. The third kappa shape index (κ3) is 4.04. The van der Waals surface area contributed by atoms with Crippen LogP contribution in [-0.2, 0) is 6.18 Å². The lowest BCUT2D eigenvalue weighted by Gasteiger charge is -2.36. The maximum Gasteiger partial charge on any atom is 0.416 e. The first-order valence-corrected chi connectivity index (χ1v) is 10.8. The molecule has 1 N–H and O–H groups in total. The Hall–Kier alpha value is -3.46. The molecule has 3 heterocycles. The number of rotatable bonds is 4. The van der Waals surface area contributed by atoms with Crippen LogP contribution in [0.5, 0.6) is 0 Å². The fourth-order valence-electron chi connectivity index (χ4n) is 4.30. The highest BCUT2D eigenvalue weighted by molar-refractivity contribution is 5.90. The largest absolute Gasteiger partial charge is 0.416 e. The van der Waals surface area contributed by atoms with E-state index in [-0.39, 0.29) is 24.0 Å². The van der Waals surface area contributed by atoms with E-state index in [0.717, 1.165) is 37.1 Å². The molecular formula is C24H22F3N5O. The van der Waals surface area contributed by atoms with E-state index in [4.69, 9.17) is 4.98 Å². The minimum atomic E-state index is -4.47. The molecule has 0 radical (unpaired) electrons. The first-order chi connectivity index (χ1) is 16.0. The van der Waals surface area contributed by atoms with Crippen LogP contribution in [0.15, 0.2) is 60.8 Å². The van der Waals surface area contributed by atoms with Crippen molar-refractivity contribution in [1.82, 2.24) is 19.7 Å². The smallest absolute Gasteiger partial charge is 0.394 e. The molecule has 1 aliphatic rings. The highest BCUT2D eigenvalue weighted by Gasteiger charge is 2.31. The van der Waals surface area contributed by atoms with Gasteiger partial charge in [-0.2, -0.15) is 18.3 Å². The molecule has 1 aliphatic heterocycles. The number of piperidine rings is 1. The molecule has 5 rings (SSSR count). The Kier molecular flexibility index (Phi) is 5.49. The summed E-state index contributed by atoms with van der Waals surface area (Å²) in [6, 6.07) is 14.3. The van der Waals surface area contributed by atoms with Gasteiger partial charge in [0.2, 0.25) is 0 Å². The van der Waals surface area contributed by atoms with Crippen LogP contribution in [-0.4, -0.2) is 44.0 Å². The molecule has 0 amide bonds. The van der Waals surface area contributed by atoms with Gasteiger partial charge in [-0.15, -0.1) is 0 Å². The van der Waals surface area contributed by atoms with Crippen LogP contribution >= 0.6 is 0 Å². The van der Waals surface area contributed by atoms with E-state index in [1.54, 1.807) is 16.9 Å². The van der Waals surface area contributed by atoms with Crippen LogP contribution in [0.1, 0.15) is 24.8 Å². The number of halogens is 3. The van der Waals surface area contributed by atoms with Crippen molar-refractivity contribution in [3.63, 3.8) is 0 Å². The van der Waals surface area contributed by atoms with Crippen molar-refractivity contribution in [3.05, 3.63) is 66.4 Å². The lowest BCUT2D eigenvalue weighted by Crippen LogP contribution is -2.42. The van der Waals surface area contributed by atoms with Gasteiger partial charge in [0.1, 0.15) is 5.82 Å². The van der Waals surface area contributed by atoms with E-state index in [1.165, 1.54) is 6.07 Å². The van der Waals surface area contributed by atoms with Crippen molar-refractivity contribution in [1.29, 1.82) is 0 Å². The Morgan fingerprint density at radius 2 is 1.82 bits per heavy atom. The van der Waals surface area contributed by atoms with E-state index in [9.17, 15) is 18.3 Å². The number of aliphatic hydroxyl groups is 1. The van der Waals surface area contributed by atoms with Gasteiger partial charge in [0, 0.05) is 12.1 Å². The molecule has 1 saturated heterocycles. The lowest BCUT2D eigenvalue weighted by molar-refractivity contribution is -0.137. The molecule has 9 heteroatoms. The molecule has 1 fully saturated rings. The van der Waals surface area contributed by atoms with Crippen molar-refractivity contribution in [2.24, 2.45) is 0 Å². The van der Waals surface area contributed by atoms with E-state index >= 15 is 0 Å². The summed E-state index contributed by atoms with van der Waals surface area (Å²) in [7, 11) is 0. The Morgan fingerprint density at radius 1 is 1.00 bits per heavy atom. The maximum atomic E-state index is 13.3. The van der Waals surface area contributed by atoms with Gasteiger partial charge in [0.25, 0.3) is 0 Å². The fourth-order valence-corrected chi connectivity index (χ4v) is 4.30. The summed E-state index contributed by atoms with van der Waals surface area (Å²) in [5.41, 5.74) is 0.796. The van der Waals surface area contributed by atoms with Gasteiger partial charge in [-0.05, 0) is 43.5 Å². The molecule has 0 saturated carbocycles. The highest BCUT2D eigenvalue weighted by atomic mass is 19.4. The highest BCUT2D eigenvalue weighted by Crippen LogP contribution is 2.35. The molecule has 6 nitrogen and oxygen atoms in total. The van der Waals surface area contributed by atoms with Crippen molar-refractivity contribution in [2.45, 2.75) is 31.5 Å². The van der Waals surface area contributed by atoms with Crippen LogP contribution < -0.4 is 4.90 Å². The van der Waals surface area contributed by atoms with Crippen molar-refractivity contribution < 1.29 is 18.3 Å². The SMILES string of the molecule is OC[C@H]1CCCCN1c1nc(-c2cccc(C(F)(F)F)c2)nc2c1cnn2-c1ccccc1. The van der Waals surface area contributed by atoms with Crippen LogP contribution in [0.4, 0.5) is 19.0 Å². The summed E-state index contributed by atoms with van der Waals surface area (Å²) in [5, 5.41) is 15.2.